The van der Waals surface area contributed by atoms with Crippen molar-refractivity contribution in [1.82, 2.24) is 10.6 Å². The highest BCUT2D eigenvalue weighted by molar-refractivity contribution is 7.16. The van der Waals surface area contributed by atoms with Gasteiger partial charge in [-0.2, -0.15) is 0 Å². The van der Waals surface area contributed by atoms with E-state index >= 15 is 0 Å². The molecule has 0 bridgehead atoms. The molecule has 2 amide bonds. The van der Waals surface area contributed by atoms with E-state index in [4.69, 9.17) is 16.3 Å². The molecule has 2 aromatic rings. The highest BCUT2D eigenvalue weighted by Gasteiger charge is 2.19. The Morgan fingerprint density at radius 2 is 1.88 bits per heavy atom. The highest BCUT2D eigenvalue weighted by Crippen LogP contribution is 2.28. The van der Waals surface area contributed by atoms with Gasteiger partial charge in [0.2, 0.25) is 0 Å². The third-order valence-corrected chi connectivity index (χ3v) is 4.82. The standard InChI is InChI=1S/C17H19ClN2O3S/c1-11(12-6-4-3-5-7-12)20-17(22)16(21)19-10-13(23-2)14-8-9-15(18)24-14/h3-9,11,13H,10H2,1-2H3,(H,19,21)(H,20,22)/t11-,13+/m0/s1. The summed E-state index contributed by atoms with van der Waals surface area (Å²) in [4.78, 5) is 24.8. The fraction of sp³-hybridized carbons (Fsp3) is 0.294. The quantitative estimate of drug-likeness (QED) is 0.772. The smallest absolute Gasteiger partial charge is 0.309 e. The predicted molar refractivity (Wildman–Crippen MR) is 95.1 cm³/mol. The van der Waals surface area contributed by atoms with E-state index in [1.165, 1.54) is 11.3 Å². The molecule has 0 aliphatic heterocycles. The van der Waals surface area contributed by atoms with Crippen LogP contribution in [0.2, 0.25) is 4.34 Å². The van der Waals surface area contributed by atoms with Crippen LogP contribution in [0.4, 0.5) is 0 Å². The third kappa shape index (κ3) is 5.06. The summed E-state index contributed by atoms with van der Waals surface area (Å²) in [6, 6.07) is 12.8. The van der Waals surface area contributed by atoms with Gasteiger partial charge in [-0.05, 0) is 24.6 Å². The van der Waals surface area contributed by atoms with Gasteiger partial charge < -0.3 is 15.4 Å². The van der Waals surface area contributed by atoms with E-state index in [0.29, 0.717) is 4.34 Å². The number of carbonyl (C=O) groups is 2. The van der Waals surface area contributed by atoms with Crippen molar-refractivity contribution in [3.05, 3.63) is 57.2 Å². The summed E-state index contributed by atoms with van der Waals surface area (Å²) in [5, 5.41) is 5.26. The molecule has 0 fully saturated rings. The van der Waals surface area contributed by atoms with Gasteiger partial charge in [-0.1, -0.05) is 41.9 Å². The molecule has 2 atom stereocenters. The van der Waals surface area contributed by atoms with Crippen molar-refractivity contribution in [1.29, 1.82) is 0 Å². The molecule has 0 aliphatic rings. The van der Waals surface area contributed by atoms with Gasteiger partial charge in [-0.3, -0.25) is 9.59 Å². The minimum absolute atomic E-state index is 0.194. The Labute approximate surface area is 150 Å². The van der Waals surface area contributed by atoms with Crippen LogP contribution in [-0.4, -0.2) is 25.5 Å². The Hall–Kier alpha value is -1.89. The molecule has 0 unspecified atom stereocenters. The zero-order valence-corrected chi connectivity index (χ0v) is 15.0. The average Bonchev–Trinajstić information content (AvgIpc) is 3.02. The maximum atomic E-state index is 12.0. The molecule has 128 valence electrons. The summed E-state index contributed by atoms with van der Waals surface area (Å²) >= 11 is 7.28. The fourth-order valence-electron chi connectivity index (χ4n) is 2.15. The molecule has 7 heteroatoms. The van der Waals surface area contributed by atoms with Crippen LogP contribution in [0.1, 0.15) is 29.5 Å². The van der Waals surface area contributed by atoms with Crippen molar-refractivity contribution in [3.63, 3.8) is 0 Å². The van der Waals surface area contributed by atoms with Crippen LogP contribution in [0, 0.1) is 0 Å². The lowest BCUT2D eigenvalue weighted by atomic mass is 10.1. The first kappa shape index (κ1) is 18.4. The van der Waals surface area contributed by atoms with E-state index in [0.717, 1.165) is 10.4 Å². The molecule has 0 spiro atoms. The topological polar surface area (TPSA) is 67.4 Å². The summed E-state index contributed by atoms with van der Waals surface area (Å²) in [5.74, 6) is -1.37. The van der Waals surface area contributed by atoms with E-state index in [1.807, 2.05) is 43.3 Å². The lowest BCUT2D eigenvalue weighted by Gasteiger charge is -2.16. The molecule has 0 saturated heterocycles. The van der Waals surface area contributed by atoms with Crippen LogP contribution in [0.5, 0.6) is 0 Å². The minimum atomic E-state index is -0.692. The zero-order chi connectivity index (χ0) is 17.5. The minimum Gasteiger partial charge on any atom is -0.374 e. The second-order valence-electron chi connectivity index (χ2n) is 5.18. The number of amides is 2. The molecule has 1 aromatic heterocycles. The van der Waals surface area contributed by atoms with E-state index in [-0.39, 0.29) is 18.7 Å². The number of carbonyl (C=O) groups excluding carboxylic acids is 2. The van der Waals surface area contributed by atoms with Gasteiger partial charge in [0.15, 0.2) is 0 Å². The van der Waals surface area contributed by atoms with Gasteiger partial charge in [0, 0.05) is 18.5 Å². The monoisotopic (exact) mass is 366 g/mol. The molecule has 1 heterocycles. The lowest BCUT2D eigenvalue weighted by Crippen LogP contribution is -2.42. The second kappa shape index (κ2) is 8.82. The zero-order valence-electron chi connectivity index (χ0n) is 13.4. The lowest BCUT2D eigenvalue weighted by molar-refractivity contribution is -0.139. The molecule has 0 saturated carbocycles. The van der Waals surface area contributed by atoms with Crippen molar-refractivity contribution in [2.45, 2.75) is 19.1 Å². The highest BCUT2D eigenvalue weighted by atomic mass is 35.5. The normalized spacial score (nSPS) is 13.1. The number of rotatable bonds is 6. The Morgan fingerprint density at radius 1 is 1.17 bits per heavy atom. The van der Waals surface area contributed by atoms with Crippen molar-refractivity contribution < 1.29 is 14.3 Å². The van der Waals surface area contributed by atoms with Gasteiger partial charge >= 0.3 is 11.8 Å². The van der Waals surface area contributed by atoms with Gasteiger partial charge in [-0.15, -0.1) is 11.3 Å². The van der Waals surface area contributed by atoms with E-state index in [1.54, 1.807) is 13.2 Å². The van der Waals surface area contributed by atoms with E-state index < -0.39 is 11.8 Å². The van der Waals surface area contributed by atoms with Crippen LogP contribution in [0.15, 0.2) is 42.5 Å². The van der Waals surface area contributed by atoms with Gasteiger partial charge in [0.05, 0.1) is 10.4 Å². The molecule has 2 rings (SSSR count). The summed E-state index contributed by atoms with van der Waals surface area (Å²) in [5.41, 5.74) is 0.932. The van der Waals surface area contributed by atoms with Crippen molar-refractivity contribution in [2.75, 3.05) is 13.7 Å². The van der Waals surface area contributed by atoms with Crippen LogP contribution in [0.3, 0.4) is 0 Å². The molecular formula is C17H19ClN2O3S. The first-order valence-electron chi connectivity index (χ1n) is 7.43. The predicted octanol–water partition coefficient (Wildman–Crippen LogP) is 3.08. The maximum Gasteiger partial charge on any atom is 0.309 e. The number of thiophene rings is 1. The number of nitrogens with one attached hydrogen (secondary N) is 2. The van der Waals surface area contributed by atoms with E-state index in [2.05, 4.69) is 10.6 Å². The number of hydrogen-bond donors (Lipinski definition) is 2. The number of benzene rings is 1. The van der Waals surface area contributed by atoms with Crippen LogP contribution >= 0.6 is 22.9 Å². The fourth-order valence-corrected chi connectivity index (χ4v) is 3.29. The van der Waals surface area contributed by atoms with Crippen LogP contribution in [-0.2, 0) is 14.3 Å². The van der Waals surface area contributed by atoms with Crippen molar-refractivity contribution in [3.8, 4) is 0 Å². The SMILES string of the molecule is CO[C@H](CNC(=O)C(=O)N[C@@H](C)c1ccccc1)c1ccc(Cl)s1. The molecule has 24 heavy (non-hydrogen) atoms. The molecule has 2 N–H and O–H groups in total. The molecule has 5 nitrogen and oxygen atoms in total. The van der Waals surface area contributed by atoms with Gasteiger partial charge in [-0.25, -0.2) is 0 Å². The summed E-state index contributed by atoms with van der Waals surface area (Å²) in [6.45, 7) is 2.02. The Bertz CT molecular complexity index is 690. The number of halogens is 1. The summed E-state index contributed by atoms with van der Waals surface area (Å²) in [7, 11) is 1.54. The Kier molecular flexibility index (Phi) is 6.78. The number of ether oxygens (including phenoxy) is 1. The largest absolute Gasteiger partial charge is 0.374 e. The van der Waals surface area contributed by atoms with Gasteiger partial charge in [0.25, 0.3) is 0 Å². The van der Waals surface area contributed by atoms with Crippen LogP contribution in [0.25, 0.3) is 0 Å². The molecule has 0 radical (unpaired) electrons. The van der Waals surface area contributed by atoms with E-state index in [9.17, 15) is 9.59 Å². The molecule has 0 aliphatic carbocycles. The molecular weight excluding hydrogens is 348 g/mol. The third-order valence-electron chi connectivity index (χ3n) is 3.50. The average molecular weight is 367 g/mol. The summed E-state index contributed by atoms with van der Waals surface area (Å²) in [6.07, 6.45) is -0.342. The first-order chi connectivity index (χ1) is 11.5. The number of hydrogen-bond acceptors (Lipinski definition) is 4. The molecule has 1 aromatic carbocycles. The summed E-state index contributed by atoms with van der Waals surface area (Å²) < 4.78 is 5.98. The second-order valence-corrected chi connectivity index (χ2v) is 6.93. The Morgan fingerprint density at radius 3 is 2.46 bits per heavy atom. The maximum absolute atomic E-state index is 12.0. The van der Waals surface area contributed by atoms with Gasteiger partial charge in [0.1, 0.15) is 6.10 Å². The Balaban J connectivity index is 1.86. The van der Waals surface area contributed by atoms with Crippen molar-refractivity contribution >= 4 is 34.8 Å². The number of methoxy groups -OCH3 is 1. The van der Waals surface area contributed by atoms with Crippen LogP contribution < -0.4 is 10.6 Å². The first-order valence-corrected chi connectivity index (χ1v) is 8.62. The van der Waals surface area contributed by atoms with Crippen molar-refractivity contribution in [2.24, 2.45) is 0 Å².